The number of hydrogen-bond acceptors (Lipinski definition) is 4. The van der Waals surface area contributed by atoms with Gasteiger partial charge in [0.25, 0.3) is 0 Å². The van der Waals surface area contributed by atoms with Crippen LogP contribution in [0.4, 0.5) is 0 Å². The minimum absolute atomic E-state index is 0.238. The van der Waals surface area contributed by atoms with Crippen molar-refractivity contribution in [2.45, 2.75) is 0 Å². The number of carbonyl (C=O) groups excluding carboxylic acids is 2. The van der Waals surface area contributed by atoms with Crippen LogP contribution in [-0.2, 0) is 14.3 Å². The van der Waals surface area contributed by atoms with Crippen molar-refractivity contribution in [3.63, 3.8) is 0 Å². The second-order valence-corrected chi connectivity index (χ2v) is 2.97. The molecular weight excluding hydrogens is 196 g/mol. The van der Waals surface area contributed by atoms with Crippen molar-refractivity contribution in [1.82, 2.24) is 0 Å². The molecule has 1 aliphatic rings. The van der Waals surface area contributed by atoms with E-state index in [2.05, 4.69) is 4.74 Å². The normalized spacial score (nSPS) is 16.1. The summed E-state index contributed by atoms with van der Waals surface area (Å²) in [6, 6.07) is 6.87. The average Bonchev–Trinajstić information content (AvgIpc) is 2.57. The van der Waals surface area contributed by atoms with E-state index in [1.54, 1.807) is 24.3 Å². The highest BCUT2D eigenvalue weighted by Gasteiger charge is 2.26. The van der Waals surface area contributed by atoms with Gasteiger partial charge in [-0.1, -0.05) is 18.2 Å². The lowest BCUT2D eigenvalue weighted by atomic mass is 10.1. The fraction of sp³-hybridized carbons (Fsp3) is 0.0909. The second-order valence-electron chi connectivity index (χ2n) is 2.97. The minimum atomic E-state index is -0.547. The molecule has 4 heteroatoms. The molecule has 0 aliphatic carbocycles. The summed E-state index contributed by atoms with van der Waals surface area (Å²) >= 11 is 0. The summed E-state index contributed by atoms with van der Waals surface area (Å²) in [6.07, 6.45) is 1.16. The molecule has 0 spiro atoms. The van der Waals surface area contributed by atoms with Gasteiger partial charge in [-0.15, -0.1) is 0 Å². The lowest BCUT2D eigenvalue weighted by molar-refractivity contribution is -0.134. The SMILES string of the molecule is COC(=O)/C=C1/OC(=O)c2ccccc21. The quantitative estimate of drug-likeness (QED) is 0.512. The first-order chi connectivity index (χ1) is 7.22. The fourth-order valence-corrected chi connectivity index (χ4v) is 1.36. The maximum atomic E-state index is 11.3. The van der Waals surface area contributed by atoms with Crippen LogP contribution < -0.4 is 0 Å². The number of carbonyl (C=O) groups is 2. The molecule has 0 fully saturated rings. The van der Waals surface area contributed by atoms with Crippen LogP contribution in [0.25, 0.3) is 5.76 Å². The molecule has 1 heterocycles. The van der Waals surface area contributed by atoms with E-state index in [0.717, 1.165) is 6.08 Å². The van der Waals surface area contributed by atoms with E-state index in [9.17, 15) is 9.59 Å². The van der Waals surface area contributed by atoms with Gasteiger partial charge in [0.1, 0.15) is 5.76 Å². The molecule has 0 amide bonds. The van der Waals surface area contributed by atoms with Crippen molar-refractivity contribution in [1.29, 1.82) is 0 Å². The monoisotopic (exact) mass is 204 g/mol. The minimum Gasteiger partial charge on any atom is -0.466 e. The van der Waals surface area contributed by atoms with E-state index >= 15 is 0 Å². The first-order valence-electron chi connectivity index (χ1n) is 4.33. The van der Waals surface area contributed by atoms with Gasteiger partial charge in [-0.05, 0) is 6.07 Å². The summed E-state index contributed by atoms with van der Waals surface area (Å²) in [5, 5.41) is 0. The van der Waals surface area contributed by atoms with Crippen LogP contribution in [0.5, 0.6) is 0 Å². The molecule has 0 atom stereocenters. The predicted molar refractivity (Wildman–Crippen MR) is 51.9 cm³/mol. The summed E-state index contributed by atoms with van der Waals surface area (Å²) in [7, 11) is 1.27. The summed E-state index contributed by atoms with van der Waals surface area (Å²) < 4.78 is 9.38. The molecule has 15 heavy (non-hydrogen) atoms. The number of benzene rings is 1. The zero-order valence-electron chi connectivity index (χ0n) is 8.02. The molecule has 0 N–H and O–H groups in total. The molecule has 1 aromatic carbocycles. The molecule has 0 saturated carbocycles. The number of ether oxygens (including phenoxy) is 2. The summed E-state index contributed by atoms with van der Waals surface area (Å²) in [5.41, 5.74) is 1.08. The van der Waals surface area contributed by atoms with E-state index in [1.807, 2.05) is 0 Å². The van der Waals surface area contributed by atoms with Crippen LogP contribution >= 0.6 is 0 Å². The Kier molecular flexibility index (Phi) is 2.25. The van der Waals surface area contributed by atoms with Gasteiger partial charge in [0.15, 0.2) is 0 Å². The number of fused-ring (bicyclic) bond motifs is 1. The van der Waals surface area contributed by atoms with Crippen molar-refractivity contribution >= 4 is 17.7 Å². The van der Waals surface area contributed by atoms with Crippen molar-refractivity contribution in [2.75, 3.05) is 7.11 Å². The first kappa shape index (κ1) is 9.45. The Morgan fingerprint density at radius 2 is 2.00 bits per heavy atom. The molecular formula is C11H8O4. The predicted octanol–water partition coefficient (Wildman–Crippen LogP) is 1.37. The van der Waals surface area contributed by atoms with Gasteiger partial charge >= 0.3 is 11.9 Å². The number of rotatable bonds is 1. The van der Waals surface area contributed by atoms with Gasteiger partial charge in [0.05, 0.1) is 18.7 Å². The van der Waals surface area contributed by atoms with E-state index < -0.39 is 11.9 Å². The van der Waals surface area contributed by atoms with Crippen LogP contribution in [-0.4, -0.2) is 19.0 Å². The maximum Gasteiger partial charge on any atom is 0.344 e. The Hall–Kier alpha value is -2.10. The summed E-state index contributed by atoms with van der Waals surface area (Å²) in [6.45, 7) is 0. The van der Waals surface area contributed by atoms with Crippen LogP contribution in [0.15, 0.2) is 30.3 Å². The van der Waals surface area contributed by atoms with Crippen molar-refractivity contribution in [3.8, 4) is 0 Å². The largest absolute Gasteiger partial charge is 0.466 e. The fourth-order valence-electron chi connectivity index (χ4n) is 1.36. The number of hydrogen-bond donors (Lipinski definition) is 0. The van der Waals surface area contributed by atoms with Gasteiger partial charge in [0, 0.05) is 5.56 Å². The Morgan fingerprint density at radius 3 is 2.67 bits per heavy atom. The van der Waals surface area contributed by atoms with Gasteiger partial charge in [0.2, 0.25) is 0 Å². The number of esters is 2. The van der Waals surface area contributed by atoms with Crippen LogP contribution in [0.3, 0.4) is 0 Å². The first-order valence-corrected chi connectivity index (χ1v) is 4.33. The standard InChI is InChI=1S/C11H8O4/c1-14-10(12)6-9-7-4-2-3-5-8(7)11(13)15-9/h2-6H,1H3/b9-6+. The Morgan fingerprint density at radius 1 is 1.33 bits per heavy atom. The molecule has 1 aliphatic heterocycles. The van der Waals surface area contributed by atoms with E-state index in [-0.39, 0.29) is 5.76 Å². The van der Waals surface area contributed by atoms with E-state index in [4.69, 9.17) is 4.74 Å². The third kappa shape index (κ3) is 1.61. The van der Waals surface area contributed by atoms with Crippen LogP contribution in [0.2, 0.25) is 0 Å². The van der Waals surface area contributed by atoms with Gasteiger partial charge in [-0.2, -0.15) is 0 Å². The zero-order valence-corrected chi connectivity index (χ0v) is 8.02. The highest BCUT2D eigenvalue weighted by Crippen LogP contribution is 2.28. The highest BCUT2D eigenvalue weighted by atomic mass is 16.5. The van der Waals surface area contributed by atoms with Crippen molar-refractivity contribution in [3.05, 3.63) is 41.5 Å². The molecule has 0 unspecified atom stereocenters. The molecule has 0 bridgehead atoms. The maximum absolute atomic E-state index is 11.3. The number of cyclic esters (lactones) is 1. The molecule has 1 aromatic rings. The molecule has 2 rings (SSSR count). The molecule has 76 valence electrons. The van der Waals surface area contributed by atoms with E-state index in [1.165, 1.54) is 7.11 Å². The summed E-state index contributed by atoms with van der Waals surface area (Å²) in [5.74, 6) is -0.752. The Labute approximate surface area is 86.1 Å². The van der Waals surface area contributed by atoms with E-state index in [0.29, 0.717) is 11.1 Å². The van der Waals surface area contributed by atoms with Crippen molar-refractivity contribution in [2.24, 2.45) is 0 Å². The molecule has 4 nitrogen and oxygen atoms in total. The van der Waals surface area contributed by atoms with Crippen molar-refractivity contribution < 1.29 is 19.1 Å². The summed E-state index contributed by atoms with van der Waals surface area (Å²) in [4.78, 5) is 22.3. The lowest BCUT2D eigenvalue weighted by Gasteiger charge is -1.96. The number of methoxy groups -OCH3 is 1. The topological polar surface area (TPSA) is 52.6 Å². The Bertz CT molecular complexity index is 459. The van der Waals surface area contributed by atoms with Crippen LogP contribution in [0, 0.1) is 0 Å². The van der Waals surface area contributed by atoms with Gasteiger partial charge < -0.3 is 9.47 Å². The Balaban J connectivity index is 2.45. The zero-order chi connectivity index (χ0) is 10.8. The molecule has 0 aromatic heterocycles. The smallest absolute Gasteiger partial charge is 0.344 e. The third-order valence-corrected chi connectivity index (χ3v) is 2.07. The third-order valence-electron chi connectivity index (χ3n) is 2.07. The second kappa shape index (κ2) is 3.57. The molecule has 0 saturated heterocycles. The van der Waals surface area contributed by atoms with Gasteiger partial charge in [-0.3, -0.25) is 0 Å². The average molecular weight is 204 g/mol. The molecule has 0 radical (unpaired) electrons. The van der Waals surface area contributed by atoms with Gasteiger partial charge in [-0.25, -0.2) is 9.59 Å². The highest BCUT2D eigenvalue weighted by molar-refractivity contribution is 6.05. The van der Waals surface area contributed by atoms with Crippen LogP contribution in [0.1, 0.15) is 15.9 Å². The lowest BCUT2D eigenvalue weighted by Crippen LogP contribution is -1.97.